The Balaban J connectivity index is 1.02. The Kier molecular flexibility index (Phi) is 10.2. The van der Waals surface area contributed by atoms with Gasteiger partial charge in [0, 0.05) is 61.7 Å². The smallest absolute Gasteiger partial charge is 0.139 e. The van der Waals surface area contributed by atoms with Gasteiger partial charge in [-0.3, -0.25) is 0 Å². The third-order valence-electron chi connectivity index (χ3n) is 13.7. The van der Waals surface area contributed by atoms with Gasteiger partial charge in [0.25, 0.3) is 0 Å². The molecule has 0 aliphatic carbocycles. The van der Waals surface area contributed by atoms with Crippen molar-refractivity contribution in [2.45, 2.75) is 79.1 Å². The van der Waals surface area contributed by atoms with Crippen molar-refractivity contribution in [1.82, 2.24) is 0 Å². The normalized spacial score (nSPS) is 12.2. The standard InChI is InChI=1S/C62H56N2O2/c1-37(2)47-17-9-13-21-55(47)63(56-22-14-10-18-48(56)38(3)4)45-27-25-41-31-51-53-35-54-52-32-42-26-28-46(30-44(42)34-60(52)66-62(54)36-61(53)65-59(51)33-43(41)29-45)64(57-23-15-11-19-49(57)39(5)6)58-24-16-12-20-50(58)40(7)8/h9-40H,1-8H3. The third-order valence-corrected chi connectivity index (χ3v) is 13.7. The molecule has 66 heavy (non-hydrogen) atoms. The van der Waals surface area contributed by atoms with Crippen LogP contribution < -0.4 is 9.80 Å². The van der Waals surface area contributed by atoms with Crippen LogP contribution >= 0.6 is 0 Å². The second-order valence-electron chi connectivity index (χ2n) is 19.3. The van der Waals surface area contributed by atoms with Crippen LogP contribution in [0.3, 0.4) is 0 Å². The molecule has 0 atom stereocenters. The third kappa shape index (κ3) is 6.98. The van der Waals surface area contributed by atoms with Crippen LogP contribution in [0.5, 0.6) is 0 Å². The van der Waals surface area contributed by atoms with E-state index in [9.17, 15) is 0 Å². The lowest BCUT2D eigenvalue weighted by molar-refractivity contribution is 0.656. The summed E-state index contributed by atoms with van der Waals surface area (Å²) in [5.74, 6) is 1.45. The molecule has 0 spiro atoms. The first-order valence-corrected chi connectivity index (χ1v) is 23.7. The SMILES string of the molecule is CC(C)c1ccccc1N(c1ccc2cc3c(cc2c1)oc1cc2oc4cc5cc(N(c6ccccc6C(C)C)c6ccccc6C(C)C)ccc5cc4c2cc13)c1ccccc1C(C)C. The minimum Gasteiger partial charge on any atom is -0.456 e. The number of rotatable bonds is 10. The summed E-state index contributed by atoms with van der Waals surface area (Å²) >= 11 is 0. The van der Waals surface area contributed by atoms with E-state index in [1.807, 2.05) is 0 Å². The summed E-state index contributed by atoms with van der Waals surface area (Å²) in [4.78, 5) is 4.90. The van der Waals surface area contributed by atoms with Gasteiger partial charge in [0.15, 0.2) is 0 Å². The van der Waals surface area contributed by atoms with Gasteiger partial charge in [-0.2, -0.15) is 0 Å². The van der Waals surface area contributed by atoms with E-state index in [1.54, 1.807) is 0 Å². The summed E-state index contributed by atoms with van der Waals surface area (Å²) in [6.45, 7) is 18.2. The summed E-state index contributed by atoms with van der Waals surface area (Å²) in [6, 6.07) is 62.4. The molecule has 0 amide bonds. The van der Waals surface area contributed by atoms with Crippen LogP contribution in [0.2, 0.25) is 0 Å². The number of hydrogen-bond acceptors (Lipinski definition) is 4. The van der Waals surface area contributed by atoms with Crippen LogP contribution in [-0.4, -0.2) is 0 Å². The molecule has 4 nitrogen and oxygen atoms in total. The molecular formula is C62H56N2O2. The fourth-order valence-corrected chi connectivity index (χ4v) is 10.3. The molecule has 0 unspecified atom stereocenters. The van der Waals surface area contributed by atoms with Crippen LogP contribution in [0.15, 0.2) is 179 Å². The van der Waals surface area contributed by atoms with Crippen molar-refractivity contribution >= 4 is 99.5 Å². The fraction of sp³-hybridized carbons (Fsp3) is 0.194. The average Bonchev–Trinajstić information content (AvgIpc) is 3.85. The predicted molar refractivity (Wildman–Crippen MR) is 282 cm³/mol. The second kappa shape index (κ2) is 16.3. The van der Waals surface area contributed by atoms with Gasteiger partial charge in [-0.1, -0.05) is 140 Å². The van der Waals surface area contributed by atoms with E-state index in [0.29, 0.717) is 23.7 Å². The minimum absolute atomic E-state index is 0.363. The Bertz CT molecular complexity index is 3300. The second-order valence-corrected chi connectivity index (χ2v) is 19.3. The molecule has 0 bridgehead atoms. The molecule has 0 aliphatic rings. The van der Waals surface area contributed by atoms with Crippen molar-refractivity contribution in [3.63, 3.8) is 0 Å². The maximum Gasteiger partial charge on any atom is 0.139 e. The maximum atomic E-state index is 6.71. The van der Waals surface area contributed by atoms with Gasteiger partial charge in [0.05, 0.1) is 0 Å². The molecule has 11 aromatic rings. The number of nitrogens with zero attached hydrogens (tertiary/aromatic N) is 2. The molecule has 0 fully saturated rings. The maximum absolute atomic E-state index is 6.71. The van der Waals surface area contributed by atoms with Crippen molar-refractivity contribution in [3.8, 4) is 0 Å². The van der Waals surface area contributed by atoms with E-state index in [4.69, 9.17) is 8.83 Å². The number of hydrogen-bond donors (Lipinski definition) is 0. The lowest BCUT2D eigenvalue weighted by Gasteiger charge is -2.31. The van der Waals surface area contributed by atoms with E-state index in [0.717, 1.165) is 66.0 Å². The highest BCUT2D eigenvalue weighted by molar-refractivity contribution is 6.18. The zero-order valence-corrected chi connectivity index (χ0v) is 39.2. The first-order chi connectivity index (χ1) is 32.0. The van der Waals surface area contributed by atoms with Gasteiger partial charge in [0.1, 0.15) is 22.3 Å². The van der Waals surface area contributed by atoms with Crippen LogP contribution in [0.1, 0.15) is 101 Å². The van der Waals surface area contributed by atoms with Crippen molar-refractivity contribution in [3.05, 3.63) is 192 Å². The highest BCUT2D eigenvalue weighted by Gasteiger charge is 2.24. The van der Waals surface area contributed by atoms with Crippen molar-refractivity contribution in [2.24, 2.45) is 0 Å². The zero-order chi connectivity index (χ0) is 45.4. The molecule has 2 aromatic heterocycles. The summed E-state index contributed by atoms with van der Waals surface area (Å²) in [7, 11) is 0. The van der Waals surface area contributed by atoms with Gasteiger partial charge in [0.2, 0.25) is 0 Å². The Morgan fingerprint density at radius 2 is 0.591 bits per heavy atom. The average molecular weight is 861 g/mol. The Morgan fingerprint density at radius 1 is 0.288 bits per heavy atom. The van der Waals surface area contributed by atoms with E-state index in [-0.39, 0.29) is 0 Å². The summed E-state index contributed by atoms with van der Waals surface area (Å²) in [5, 5.41) is 8.97. The lowest BCUT2D eigenvalue weighted by atomic mass is 9.96. The first-order valence-electron chi connectivity index (χ1n) is 23.7. The molecule has 2 heterocycles. The zero-order valence-electron chi connectivity index (χ0n) is 39.2. The molecule has 0 aliphatic heterocycles. The number of fused-ring (bicyclic) bond motifs is 8. The lowest BCUT2D eigenvalue weighted by Crippen LogP contribution is -2.15. The Morgan fingerprint density at radius 3 is 0.924 bits per heavy atom. The number of anilines is 6. The molecule has 326 valence electrons. The molecular weight excluding hydrogens is 805 g/mol. The molecule has 9 aromatic carbocycles. The number of furan rings is 2. The van der Waals surface area contributed by atoms with Crippen LogP contribution in [0.25, 0.3) is 65.4 Å². The largest absolute Gasteiger partial charge is 0.456 e. The van der Waals surface area contributed by atoms with Gasteiger partial charge in [-0.25, -0.2) is 0 Å². The number of benzene rings is 9. The van der Waals surface area contributed by atoms with Crippen LogP contribution in [0.4, 0.5) is 34.1 Å². The Labute approximate surface area is 387 Å². The Hall–Kier alpha value is -7.30. The molecule has 0 N–H and O–H groups in total. The van der Waals surface area contributed by atoms with Gasteiger partial charge >= 0.3 is 0 Å². The first kappa shape index (κ1) is 41.4. The van der Waals surface area contributed by atoms with Gasteiger partial charge < -0.3 is 18.6 Å². The number of para-hydroxylation sites is 4. The van der Waals surface area contributed by atoms with Gasteiger partial charge in [-0.05, 0) is 146 Å². The fourth-order valence-electron chi connectivity index (χ4n) is 10.3. The quantitative estimate of drug-likeness (QED) is 0.137. The minimum atomic E-state index is 0.363. The molecule has 0 saturated heterocycles. The summed E-state index contributed by atoms with van der Waals surface area (Å²) < 4.78 is 13.4. The van der Waals surface area contributed by atoms with E-state index >= 15 is 0 Å². The highest BCUT2D eigenvalue weighted by atomic mass is 16.3. The van der Waals surface area contributed by atoms with Crippen molar-refractivity contribution < 1.29 is 8.83 Å². The van der Waals surface area contributed by atoms with Crippen LogP contribution in [0, 0.1) is 0 Å². The van der Waals surface area contributed by atoms with Gasteiger partial charge in [-0.15, -0.1) is 0 Å². The molecule has 4 heteroatoms. The summed E-state index contributed by atoms with van der Waals surface area (Å²) in [5.41, 5.74) is 15.7. The monoisotopic (exact) mass is 860 g/mol. The highest BCUT2D eigenvalue weighted by Crippen LogP contribution is 2.46. The molecule has 0 radical (unpaired) electrons. The summed E-state index contributed by atoms with van der Waals surface area (Å²) in [6.07, 6.45) is 0. The van der Waals surface area contributed by atoms with E-state index < -0.39 is 0 Å². The molecule has 11 rings (SSSR count). The van der Waals surface area contributed by atoms with Crippen molar-refractivity contribution in [2.75, 3.05) is 9.80 Å². The van der Waals surface area contributed by atoms with Crippen LogP contribution in [-0.2, 0) is 0 Å². The van der Waals surface area contributed by atoms with E-state index in [1.165, 1.54) is 55.8 Å². The molecule has 0 saturated carbocycles. The van der Waals surface area contributed by atoms with Crippen molar-refractivity contribution in [1.29, 1.82) is 0 Å². The topological polar surface area (TPSA) is 32.8 Å². The van der Waals surface area contributed by atoms with E-state index in [2.05, 4.69) is 235 Å². The predicted octanol–water partition coefficient (Wildman–Crippen LogP) is 19.2.